The zero-order chi connectivity index (χ0) is 14.3. The second kappa shape index (κ2) is 5.17. The van der Waals surface area contributed by atoms with E-state index in [1.165, 1.54) is 6.07 Å². The van der Waals surface area contributed by atoms with Crippen LogP contribution in [0.15, 0.2) is 22.7 Å². The molecule has 1 saturated carbocycles. The van der Waals surface area contributed by atoms with Crippen LogP contribution < -0.4 is 0 Å². The summed E-state index contributed by atoms with van der Waals surface area (Å²) in [6, 6.07) is 4.93. The summed E-state index contributed by atoms with van der Waals surface area (Å²) in [6.07, 6.45) is 3.00. The Morgan fingerprint density at radius 2 is 2.05 bits per heavy atom. The third kappa shape index (κ3) is 3.79. The third-order valence-corrected chi connectivity index (χ3v) is 4.46. The van der Waals surface area contributed by atoms with E-state index in [1.807, 2.05) is 0 Å². The van der Waals surface area contributed by atoms with E-state index in [9.17, 15) is 9.50 Å². The minimum atomic E-state index is -0.789. The predicted octanol–water partition coefficient (Wildman–Crippen LogP) is 4.71. The molecule has 0 saturated heterocycles. The standard InChI is InChI=1S/C16H22BrFO/c1-11-7-15(2,3)10-16(19,8-11)9-12-6-13(17)4-5-14(12)18/h4-6,11,19H,7-10H2,1-3H3. The summed E-state index contributed by atoms with van der Waals surface area (Å²) in [7, 11) is 0. The Kier molecular flexibility index (Phi) is 4.08. The molecular formula is C16H22BrFO. The fourth-order valence-electron chi connectivity index (χ4n) is 3.87. The molecule has 2 rings (SSSR count). The summed E-state index contributed by atoms with van der Waals surface area (Å²) in [5.41, 5.74) is -0.0701. The maximum absolute atomic E-state index is 13.9. The van der Waals surface area contributed by atoms with Crippen LogP contribution in [0.3, 0.4) is 0 Å². The molecule has 0 radical (unpaired) electrons. The number of halogens is 2. The fourth-order valence-corrected chi connectivity index (χ4v) is 4.28. The fraction of sp³-hybridized carbons (Fsp3) is 0.625. The second-order valence-corrected chi connectivity index (χ2v) is 7.91. The molecule has 0 amide bonds. The molecule has 1 aromatic carbocycles. The molecule has 0 bridgehead atoms. The van der Waals surface area contributed by atoms with Gasteiger partial charge in [0.15, 0.2) is 0 Å². The van der Waals surface area contributed by atoms with E-state index in [1.54, 1.807) is 12.1 Å². The van der Waals surface area contributed by atoms with Gasteiger partial charge in [-0.15, -0.1) is 0 Å². The van der Waals surface area contributed by atoms with Crippen LogP contribution in [0.1, 0.15) is 45.6 Å². The highest BCUT2D eigenvalue weighted by molar-refractivity contribution is 9.10. The minimum Gasteiger partial charge on any atom is -0.390 e. The van der Waals surface area contributed by atoms with Gasteiger partial charge in [0.2, 0.25) is 0 Å². The largest absolute Gasteiger partial charge is 0.390 e. The highest BCUT2D eigenvalue weighted by Crippen LogP contribution is 2.45. The molecule has 0 spiro atoms. The van der Waals surface area contributed by atoms with Crippen molar-refractivity contribution in [3.63, 3.8) is 0 Å². The van der Waals surface area contributed by atoms with Crippen molar-refractivity contribution < 1.29 is 9.50 Å². The number of aliphatic hydroxyl groups is 1. The summed E-state index contributed by atoms with van der Waals surface area (Å²) >= 11 is 3.36. The second-order valence-electron chi connectivity index (χ2n) is 6.99. The molecule has 1 aromatic rings. The van der Waals surface area contributed by atoms with E-state index < -0.39 is 5.60 Å². The summed E-state index contributed by atoms with van der Waals surface area (Å²) in [5, 5.41) is 10.9. The van der Waals surface area contributed by atoms with Crippen molar-refractivity contribution in [1.29, 1.82) is 0 Å². The van der Waals surface area contributed by atoms with Gasteiger partial charge < -0.3 is 5.11 Å². The van der Waals surface area contributed by atoms with Crippen molar-refractivity contribution in [3.8, 4) is 0 Å². The van der Waals surface area contributed by atoms with Gasteiger partial charge in [-0.2, -0.15) is 0 Å². The Bertz CT molecular complexity index is 472. The van der Waals surface area contributed by atoms with E-state index >= 15 is 0 Å². The van der Waals surface area contributed by atoms with Crippen LogP contribution in [0.25, 0.3) is 0 Å². The number of hydrogen-bond donors (Lipinski definition) is 1. The van der Waals surface area contributed by atoms with E-state index in [0.29, 0.717) is 17.9 Å². The van der Waals surface area contributed by atoms with Crippen molar-refractivity contribution in [1.82, 2.24) is 0 Å². The maximum Gasteiger partial charge on any atom is 0.126 e. The van der Waals surface area contributed by atoms with Crippen molar-refractivity contribution in [2.24, 2.45) is 11.3 Å². The Morgan fingerprint density at radius 1 is 1.37 bits per heavy atom. The molecule has 0 heterocycles. The van der Waals surface area contributed by atoms with E-state index in [4.69, 9.17) is 0 Å². The molecule has 1 aliphatic carbocycles. The zero-order valence-corrected chi connectivity index (χ0v) is 13.4. The summed E-state index contributed by atoms with van der Waals surface area (Å²) in [4.78, 5) is 0. The van der Waals surface area contributed by atoms with Gasteiger partial charge in [-0.05, 0) is 54.4 Å². The SMILES string of the molecule is CC1CC(C)(C)CC(O)(Cc2cc(Br)ccc2F)C1. The molecule has 0 aromatic heterocycles. The van der Waals surface area contributed by atoms with Crippen LogP contribution in [0.5, 0.6) is 0 Å². The Labute approximate surface area is 123 Å². The van der Waals surface area contributed by atoms with Crippen LogP contribution in [0.4, 0.5) is 4.39 Å². The van der Waals surface area contributed by atoms with Crippen LogP contribution in [0, 0.1) is 17.2 Å². The average molecular weight is 329 g/mol. The van der Waals surface area contributed by atoms with Gasteiger partial charge in [0.1, 0.15) is 5.82 Å². The molecule has 1 fully saturated rings. The summed E-state index contributed by atoms with van der Waals surface area (Å²) in [6.45, 7) is 6.54. The zero-order valence-electron chi connectivity index (χ0n) is 11.8. The van der Waals surface area contributed by atoms with Gasteiger partial charge in [0.05, 0.1) is 5.60 Å². The first-order valence-corrected chi connectivity index (χ1v) is 7.65. The minimum absolute atomic E-state index is 0.120. The van der Waals surface area contributed by atoms with Crippen LogP contribution in [-0.4, -0.2) is 10.7 Å². The van der Waals surface area contributed by atoms with E-state index in [2.05, 4.69) is 36.7 Å². The number of benzene rings is 1. The van der Waals surface area contributed by atoms with Gasteiger partial charge in [0, 0.05) is 10.9 Å². The quantitative estimate of drug-likeness (QED) is 0.833. The van der Waals surface area contributed by atoms with Crippen molar-refractivity contribution >= 4 is 15.9 Å². The van der Waals surface area contributed by atoms with Crippen LogP contribution >= 0.6 is 15.9 Å². The monoisotopic (exact) mass is 328 g/mol. The maximum atomic E-state index is 13.9. The lowest BCUT2D eigenvalue weighted by atomic mass is 9.64. The normalized spacial score (nSPS) is 30.3. The first kappa shape index (κ1) is 15.0. The van der Waals surface area contributed by atoms with Crippen LogP contribution in [-0.2, 0) is 6.42 Å². The number of hydrogen-bond acceptors (Lipinski definition) is 1. The molecular weight excluding hydrogens is 307 g/mol. The molecule has 19 heavy (non-hydrogen) atoms. The smallest absolute Gasteiger partial charge is 0.126 e. The van der Waals surface area contributed by atoms with Gasteiger partial charge >= 0.3 is 0 Å². The summed E-state index contributed by atoms with van der Waals surface area (Å²) < 4.78 is 14.7. The lowest BCUT2D eigenvalue weighted by Crippen LogP contribution is -2.43. The molecule has 1 aliphatic rings. The van der Waals surface area contributed by atoms with Crippen LogP contribution in [0.2, 0.25) is 0 Å². The molecule has 106 valence electrons. The summed E-state index contributed by atoms with van der Waals surface area (Å²) in [5.74, 6) is 0.247. The molecule has 2 atom stereocenters. The highest BCUT2D eigenvalue weighted by Gasteiger charge is 2.41. The third-order valence-electron chi connectivity index (χ3n) is 3.96. The molecule has 1 N–H and O–H groups in total. The topological polar surface area (TPSA) is 20.2 Å². The van der Waals surface area contributed by atoms with E-state index in [0.717, 1.165) is 23.7 Å². The van der Waals surface area contributed by atoms with Crippen molar-refractivity contribution in [2.45, 2.75) is 52.1 Å². The molecule has 3 heteroatoms. The van der Waals surface area contributed by atoms with E-state index in [-0.39, 0.29) is 11.2 Å². The molecule has 1 nitrogen and oxygen atoms in total. The van der Waals surface area contributed by atoms with Crippen molar-refractivity contribution in [3.05, 3.63) is 34.1 Å². The van der Waals surface area contributed by atoms with Gasteiger partial charge in [-0.3, -0.25) is 0 Å². The first-order valence-electron chi connectivity index (χ1n) is 6.85. The van der Waals surface area contributed by atoms with Crippen molar-refractivity contribution in [2.75, 3.05) is 0 Å². The lowest BCUT2D eigenvalue weighted by molar-refractivity contribution is -0.0579. The van der Waals surface area contributed by atoms with Gasteiger partial charge in [-0.25, -0.2) is 4.39 Å². The predicted molar refractivity (Wildman–Crippen MR) is 79.5 cm³/mol. The van der Waals surface area contributed by atoms with Gasteiger partial charge in [0.25, 0.3) is 0 Å². The average Bonchev–Trinajstić information content (AvgIpc) is 2.19. The lowest BCUT2D eigenvalue weighted by Gasteiger charge is -2.44. The number of rotatable bonds is 2. The van der Waals surface area contributed by atoms with Gasteiger partial charge in [-0.1, -0.05) is 36.7 Å². The Balaban J connectivity index is 2.23. The first-order chi connectivity index (χ1) is 8.69. The molecule has 0 aliphatic heterocycles. The Hall–Kier alpha value is -0.410. The highest BCUT2D eigenvalue weighted by atomic mass is 79.9. The Morgan fingerprint density at radius 3 is 2.68 bits per heavy atom. The molecule has 2 unspecified atom stereocenters.